The molecule has 0 radical (unpaired) electrons. The van der Waals surface area contributed by atoms with Crippen LogP contribution in [0, 0.1) is 0 Å². The number of unbranched alkanes of at least 4 members (excludes halogenated alkanes) is 9. The molecule has 482 valence electrons. The highest BCUT2D eigenvalue weighted by atomic mass is 28.4. The first-order valence-electron chi connectivity index (χ1n) is 27.3. The highest BCUT2D eigenvalue weighted by Crippen LogP contribution is 2.37. The molecule has 0 aliphatic carbocycles. The second kappa shape index (κ2) is 39.7. The number of esters is 12. The van der Waals surface area contributed by atoms with Gasteiger partial charge in [0, 0.05) is 102 Å². The Hall–Kier alpha value is -6.90. The fourth-order valence-corrected chi connectivity index (χ4v) is 10.8. The van der Waals surface area contributed by atoms with E-state index in [-0.39, 0.29) is 12.8 Å². The minimum Gasteiger partial charge on any atom is -0.466 e. The summed E-state index contributed by atoms with van der Waals surface area (Å²) in [6, 6.07) is -0.684. The van der Waals surface area contributed by atoms with E-state index in [0.717, 1.165) is 122 Å². The third kappa shape index (κ3) is 31.2. The number of ether oxygens (including phenoxy) is 13. The molecule has 85 heavy (non-hydrogen) atoms. The third-order valence-corrected chi connectivity index (χ3v) is 13.9. The Bertz CT molecular complexity index is 2250. The highest BCUT2D eigenvalue weighted by molar-refractivity contribution is 6.60. The molecule has 1 aliphatic rings. The van der Waals surface area contributed by atoms with E-state index in [1.54, 1.807) is 0 Å². The Morgan fingerprint density at radius 3 is 1.12 bits per heavy atom. The maximum absolute atomic E-state index is 13.1. The minimum atomic E-state index is -5.76. The number of carbonyl (C=O) groups excluding carboxylic acids is 12. The van der Waals surface area contributed by atoms with Crippen LogP contribution in [0.3, 0.4) is 0 Å². The third-order valence-electron chi connectivity index (χ3n) is 11.2. The Balaban J connectivity index is 4.94. The molecule has 0 saturated carbocycles. The molecule has 0 spiro atoms. The molecule has 0 aromatic heterocycles. The minimum absolute atomic E-state index is 0.115. The summed E-state index contributed by atoms with van der Waals surface area (Å²) in [5.74, 6) is -17.2. The lowest BCUT2D eigenvalue weighted by molar-refractivity contribution is -0.300. The second-order valence-electron chi connectivity index (χ2n) is 19.0. The van der Waals surface area contributed by atoms with Crippen LogP contribution in [0.25, 0.3) is 0 Å². The fraction of sp³-hybridized carbons (Fsp3) is 0.704. The average molecular weight is 1240 g/mol. The first kappa shape index (κ1) is 76.1. The second-order valence-corrected chi connectivity index (χ2v) is 21.6. The van der Waals surface area contributed by atoms with Crippen molar-refractivity contribution in [2.24, 2.45) is 0 Å². The van der Waals surface area contributed by atoms with Gasteiger partial charge in [-0.05, 0) is 6.42 Å². The van der Waals surface area contributed by atoms with E-state index in [1.165, 1.54) is 0 Å². The van der Waals surface area contributed by atoms with Crippen LogP contribution in [0.4, 0.5) is 0 Å². The number of carbonyl (C=O) groups is 12. The van der Waals surface area contributed by atoms with Gasteiger partial charge in [0.15, 0.2) is 48.3 Å². The topological polar surface area (TPSA) is 393 Å². The van der Waals surface area contributed by atoms with Gasteiger partial charge in [-0.25, -0.2) is 0 Å². The zero-order chi connectivity index (χ0) is 64.6. The van der Waals surface area contributed by atoms with E-state index in [2.05, 4.69) is 6.92 Å². The predicted octanol–water partition coefficient (Wildman–Crippen LogP) is 4.06. The molecule has 31 heteroatoms. The lowest BCUT2D eigenvalue weighted by Gasteiger charge is -2.46. The first-order chi connectivity index (χ1) is 39.8. The Morgan fingerprint density at radius 1 is 0.412 bits per heavy atom. The molecule has 1 aliphatic heterocycles. The molecular weight excluding hydrogens is 1160 g/mol. The Kier molecular flexibility index (Phi) is 35.5. The summed E-state index contributed by atoms with van der Waals surface area (Å²) >= 11 is 0. The van der Waals surface area contributed by atoms with E-state index in [9.17, 15) is 67.7 Å². The van der Waals surface area contributed by atoms with Crippen LogP contribution in [0.15, 0.2) is 23.0 Å². The SMILES string of the molecule is CCCCCCCCCCCC[Si](OC(O)C(OC(C)=O)=C(OC(C)=O)C(CCOC(C)=O)OC(C)=O)(OC(O)C(OC(C)=O)=C(OC(C)=O)C(CCOC(C)=O)OC(C)=O)OC1OC(COC(C)=O)C(OC(C)=O)C(OC(C)=O)C1OC(C)=O. The van der Waals surface area contributed by atoms with E-state index in [0.29, 0.717) is 12.8 Å². The van der Waals surface area contributed by atoms with Gasteiger partial charge in [-0.2, -0.15) is 0 Å². The Morgan fingerprint density at radius 2 is 0.765 bits per heavy atom. The maximum Gasteiger partial charge on any atom is 0.507 e. The lowest BCUT2D eigenvalue weighted by Crippen LogP contribution is -2.66. The van der Waals surface area contributed by atoms with E-state index < -0.39 is 198 Å². The zero-order valence-corrected chi connectivity index (χ0v) is 51.3. The van der Waals surface area contributed by atoms with Crippen LogP contribution in [0.5, 0.6) is 0 Å². The molecule has 2 N–H and O–H groups in total. The van der Waals surface area contributed by atoms with Gasteiger partial charge < -0.3 is 85.1 Å². The average Bonchev–Trinajstić information content (AvgIpc) is 1.49. The Labute approximate surface area is 493 Å². The van der Waals surface area contributed by atoms with Gasteiger partial charge in [0.2, 0.25) is 24.1 Å². The largest absolute Gasteiger partial charge is 0.507 e. The van der Waals surface area contributed by atoms with Crippen LogP contribution in [-0.4, -0.2) is 166 Å². The molecule has 0 amide bonds. The van der Waals surface area contributed by atoms with Gasteiger partial charge in [-0.15, -0.1) is 0 Å². The summed E-state index contributed by atoms with van der Waals surface area (Å²) in [5, 5.41) is 25.2. The number of hydrogen-bond acceptors (Lipinski definition) is 30. The molecule has 9 unspecified atom stereocenters. The summed E-state index contributed by atoms with van der Waals surface area (Å²) < 4.78 is 90.3. The van der Waals surface area contributed by atoms with Gasteiger partial charge in [-0.3, -0.25) is 57.5 Å². The standard InChI is InChI=1S/C54H82O30Si/c1-14-15-16-17-18-19-20-21-22-23-28-85(82-52(67)49(78-39(11)64)45(74-35(7)60)42(72-33(5)58)24-26-69-30(2)55,83-53(68)50(79-40(12)65)46(75-36(8)61)43(73-34(6)59)25-27-70-31(3)56)84-54-51(80-41(13)66)48(77-38(10)63)47(76-37(9)62)44(81-54)29-71-32(4)57/h42-44,47-48,51-54,67-68H,14-29H2,1-13H3. The summed E-state index contributed by atoms with van der Waals surface area (Å²) in [7, 11) is -5.76. The molecule has 0 aromatic carbocycles. The smallest absolute Gasteiger partial charge is 0.466 e. The molecular formula is C54H82O30Si. The summed E-state index contributed by atoms with van der Waals surface area (Å²) in [4.78, 5) is 152. The summed E-state index contributed by atoms with van der Waals surface area (Å²) in [6.45, 7) is 11.1. The normalized spacial score (nSPS) is 19.2. The predicted molar refractivity (Wildman–Crippen MR) is 284 cm³/mol. The van der Waals surface area contributed by atoms with Crippen LogP contribution in [0.1, 0.15) is 167 Å². The molecule has 0 aromatic rings. The number of hydrogen-bond donors (Lipinski definition) is 2. The molecule has 1 heterocycles. The van der Waals surface area contributed by atoms with Crippen molar-refractivity contribution >= 4 is 80.4 Å². The summed E-state index contributed by atoms with van der Waals surface area (Å²) in [6.07, 6.45) is -13.6. The van der Waals surface area contributed by atoms with Gasteiger partial charge >= 0.3 is 80.4 Å². The maximum atomic E-state index is 13.1. The van der Waals surface area contributed by atoms with Crippen LogP contribution >= 0.6 is 0 Å². The van der Waals surface area contributed by atoms with Crippen LogP contribution in [-0.2, 0) is 132 Å². The van der Waals surface area contributed by atoms with Gasteiger partial charge in [0.05, 0.1) is 13.2 Å². The van der Waals surface area contributed by atoms with Crippen molar-refractivity contribution in [3.63, 3.8) is 0 Å². The molecule has 1 saturated heterocycles. The van der Waals surface area contributed by atoms with Crippen molar-refractivity contribution in [3.05, 3.63) is 23.0 Å². The van der Waals surface area contributed by atoms with Crippen molar-refractivity contribution in [3.8, 4) is 0 Å². The molecule has 0 bridgehead atoms. The van der Waals surface area contributed by atoms with E-state index in [1.807, 2.05) is 0 Å². The monoisotopic (exact) mass is 1240 g/mol. The van der Waals surface area contributed by atoms with Crippen molar-refractivity contribution < 1.29 is 143 Å². The van der Waals surface area contributed by atoms with E-state index in [4.69, 9.17) is 74.9 Å². The fourth-order valence-electron chi connectivity index (χ4n) is 8.12. The van der Waals surface area contributed by atoms with Gasteiger partial charge in [0.1, 0.15) is 12.7 Å². The lowest BCUT2D eigenvalue weighted by atomic mass is 9.98. The number of aliphatic hydroxyl groups is 2. The molecule has 1 fully saturated rings. The summed E-state index contributed by atoms with van der Waals surface area (Å²) in [5.41, 5.74) is 0. The first-order valence-corrected chi connectivity index (χ1v) is 29.3. The zero-order valence-electron chi connectivity index (χ0n) is 50.3. The van der Waals surface area contributed by atoms with Crippen molar-refractivity contribution in [2.45, 2.75) is 229 Å². The molecule has 1 rings (SSSR count). The van der Waals surface area contributed by atoms with Crippen molar-refractivity contribution in [1.82, 2.24) is 0 Å². The van der Waals surface area contributed by atoms with Crippen LogP contribution in [0.2, 0.25) is 6.04 Å². The van der Waals surface area contributed by atoms with Gasteiger partial charge in [0.25, 0.3) is 0 Å². The van der Waals surface area contributed by atoms with E-state index >= 15 is 0 Å². The van der Waals surface area contributed by atoms with Gasteiger partial charge in [-0.1, -0.05) is 64.7 Å². The van der Waals surface area contributed by atoms with Crippen LogP contribution < -0.4 is 0 Å². The quantitative estimate of drug-likeness (QED) is 0.0220. The number of rotatable bonds is 38. The van der Waals surface area contributed by atoms with Crippen molar-refractivity contribution in [1.29, 1.82) is 0 Å². The molecule has 30 nitrogen and oxygen atoms in total. The highest BCUT2D eigenvalue weighted by Gasteiger charge is 2.58. The number of aliphatic hydroxyl groups excluding tert-OH is 2. The van der Waals surface area contributed by atoms with Crippen molar-refractivity contribution in [2.75, 3.05) is 19.8 Å². The molecule has 9 atom stereocenters.